The van der Waals surface area contributed by atoms with Gasteiger partial charge in [-0.15, -0.1) is 0 Å². The van der Waals surface area contributed by atoms with Crippen LogP contribution in [0.25, 0.3) is 0 Å². The number of aromatic hydroxyl groups is 1. The van der Waals surface area contributed by atoms with Gasteiger partial charge in [-0.3, -0.25) is 4.79 Å². The average Bonchev–Trinajstić information content (AvgIpc) is 2.81. The molecule has 0 fully saturated rings. The highest BCUT2D eigenvalue weighted by atomic mass is 16.5. The molecule has 3 rings (SSSR count). The predicted molar refractivity (Wildman–Crippen MR) is 125 cm³/mol. The number of rotatable bonds is 10. The number of ether oxygens (including phenoxy) is 2. The lowest BCUT2D eigenvalue weighted by Gasteiger charge is -2.18. The van der Waals surface area contributed by atoms with E-state index in [0.717, 1.165) is 23.1 Å². The van der Waals surface area contributed by atoms with Crippen molar-refractivity contribution >= 4 is 11.8 Å². The lowest BCUT2D eigenvalue weighted by atomic mass is 9.98. The quantitative estimate of drug-likeness (QED) is 0.395. The van der Waals surface area contributed by atoms with Gasteiger partial charge in [-0.05, 0) is 54.3 Å². The molecule has 2 N–H and O–H groups in total. The number of phenols is 1. The van der Waals surface area contributed by atoms with E-state index in [1.165, 1.54) is 6.92 Å². The fourth-order valence-electron chi connectivity index (χ4n) is 3.78. The number of carbonyl (C=O) groups excluding carboxylic acids is 1. The number of hydrogen-bond donors (Lipinski definition) is 2. The lowest BCUT2D eigenvalue weighted by molar-refractivity contribution is 0.0696. The van der Waals surface area contributed by atoms with Crippen LogP contribution in [-0.2, 0) is 17.8 Å². The Hall–Kier alpha value is -3.64. The second-order valence-electron chi connectivity index (χ2n) is 7.82. The third-order valence-corrected chi connectivity index (χ3v) is 5.47. The van der Waals surface area contributed by atoms with Crippen LogP contribution in [0.3, 0.4) is 0 Å². The Morgan fingerprint density at radius 1 is 1.00 bits per heavy atom. The summed E-state index contributed by atoms with van der Waals surface area (Å²) in [4.78, 5) is 23.0. The molecule has 0 aliphatic carbocycles. The molecule has 172 valence electrons. The maximum atomic E-state index is 11.7. The number of ketones is 1. The minimum absolute atomic E-state index is 0.0104. The van der Waals surface area contributed by atoms with Crippen molar-refractivity contribution in [2.45, 2.75) is 39.4 Å². The Kier molecular flexibility index (Phi) is 7.85. The van der Waals surface area contributed by atoms with E-state index in [2.05, 4.69) is 0 Å². The molecule has 33 heavy (non-hydrogen) atoms. The van der Waals surface area contributed by atoms with Gasteiger partial charge in [0.15, 0.2) is 5.78 Å². The number of carboxylic acid groups (broad SMARTS) is 1. The standard InChI is InChI=1S/C27H28O6/c1-4-6-23-24(14-13-22(17(2)28)25(23)29)33-16-18-9-11-19(12-10-18)26(32-3)20-7-5-8-21(15-20)27(30)31/h5,7-15,26,29H,4,6,16H2,1-3H3,(H,30,31). The highest BCUT2D eigenvalue weighted by molar-refractivity contribution is 5.97. The Morgan fingerprint density at radius 3 is 2.33 bits per heavy atom. The van der Waals surface area contributed by atoms with Crippen molar-refractivity contribution in [3.63, 3.8) is 0 Å². The predicted octanol–water partition coefficient (Wildman–Crippen LogP) is 5.56. The number of hydrogen-bond acceptors (Lipinski definition) is 5. The summed E-state index contributed by atoms with van der Waals surface area (Å²) in [7, 11) is 1.58. The first-order valence-electron chi connectivity index (χ1n) is 10.8. The van der Waals surface area contributed by atoms with Crippen LogP contribution in [0.15, 0.2) is 60.7 Å². The van der Waals surface area contributed by atoms with E-state index in [4.69, 9.17) is 9.47 Å². The molecule has 3 aromatic carbocycles. The fraction of sp³-hybridized carbons (Fsp3) is 0.259. The van der Waals surface area contributed by atoms with Gasteiger partial charge >= 0.3 is 5.97 Å². The second-order valence-corrected chi connectivity index (χ2v) is 7.82. The van der Waals surface area contributed by atoms with Crippen molar-refractivity contribution < 1.29 is 29.3 Å². The average molecular weight is 449 g/mol. The third kappa shape index (κ3) is 5.59. The molecule has 0 radical (unpaired) electrons. The van der Waals surface area contributed by atoms with Crippen molar-refractivity contribution in [3.8, 4) is 11.5 Å². The van der Waals surface area contributed by atoms with Crippen LogP contribution in [0.2, 0.25) is 0 Å². The summed E-state index contributed by atoms with van der Waals surface area (Å²) >= 11 is 0. The van der Waals surface area contributed by atoms with Crippen LogP contribution in [0, 0.1) is 0 Å². The Labute approximate surface area is 193 Å². The van der Waals surface area contributed by atoms with Crippen molar-refractivity contribution in [1.82, 2.24) is 0 Å². The smallest absolute Gasteiger partial charge is 0.335 e. The number of aromatic carboxylic acids is 1. The van der Waals surface area contributed by atoms with E-state index in [-0.39, 0.29) is 17.1 Å². The van der Waals surface area contributed by atoms with Gasteiger partial charge < -0.3 is 19.7 Å². The summed E-state index contributed by atoms with van der Waals surface area (Å²) in [5.41, 5.74) is 3.71. The van der Waals surface area contributed by atoms with E-state index < -0.39 is 12.1 Å². The van der Waals surface area contributed by atoms with Gasteiger partial charge in [0.1, 0.15) is 24.2 Å². The molecule has 0 aliphatic heterocycles. The Morgan fingerprint density at radius 2 is 1.73 bits per heavy atom. The molecule has 0 aromatic heterocycles. The number of methoxy groups -OCH3 is 1. The molecule has 6 heteroatoms. The molecule has 1 atom stereocenters. The number of Topliss-reactive ketones (excluding diaryl/α,β-unsaturated/α-hetero) is 1. The number of carboxylic acids is 1. The minimum Gasteiger partial charge on any atom is -0.507 e. The zero-order valence-corrected chi connectivity index (χ0v) is 19.0. The topological polar surface area (TPSA) is 93.1 Å². The summed E-state index contributed by atoms with van der Waals surface area (Å²) < 4.78 is 11.6. The molecular weight excluding hydrogens is 420 g/mol. The molecule has 0 saturated heterocycles. The van der Waals surface area contributed by atoms with E-state index in [9.17, 15) is 19.8 Å². The molecule has 0 heterocycles. The highest BCUT2D eigenvalue weighted by Gasteiger charge is 2.17. The lowest BCUT2D eigenvalue weighted by Crippen LogP contribution is -2.06. The molecule has 0 bridgehead atoms. The van der Waals surface area contributed by atoms with Crippen molar-refractivity contribution in [2.75, 3.05) is 7.11 Å². The molecular formula is C27H28O6. The summed E-state index contributed by atoms with van der Waals surface area (Å²) in [6.07, 6.45) is 1.01. The second kappa shape index (κ2) is 10.8. The molecule has 0 amide bonds. The van der Waals surface area contributed by atoms with Crippen molar-refractivity contribution in [2.24, 2.45) is 0 Å². The molecule has 3 aromatic rings. The summed E-state index contributed by atoms with van der Waals surface area (Å²) in [6.45, 7) is 3.72. The summed E-state index contributed by atoms with van der Waals surface area (Å²) in [5, 5.41) is 19.8. The largest absolute Gasteiger partial charge is 0.507 e. The van der Waals surface area contributed by atoms with Crippen molar-refractivity contribution in [1.29, 1.82) is 0 Å². The van der Waals surface area contributed by atoms with E-state index in [1.807, 2.05) is 37.3 Å². The van der Waals surface area contributed by atoms with Gasteiger partial charge in [-0.1, -0.05) is 49.7 Å². The Bertz CT molecular complexity index is 1130. The van der Waals surface area contributed by atoms with E-state index in [1.54, 1.807) is 37.4 Å². The maximum Gasteiger partial charge on any atom is 0.335 e. The van der Waals surface area contributed by atoms with Crippen LogP contribution in [0.1, 0.15) is 69.3 Å². The van der Waals surface area contributed by atoms with Crippen molar-refractivity contribution in [3.05, 3.63) is 94.0 Å². The highest BCUT2D eigenvalue weighted by Crippen LogP contribution is 2.33. The van der Waals surface area contributed by atoms with Crippen LogP contribution >= 0.6 is 0 Å². The first kappa shape index (κ1) is 24.0. The van der Waals surface area contributed by atoms with Gasteiger partial charge in [0.25, 0.3) is 0 Å². The third-order valence-electron chi connectivity index (χ3n) is 5.47. The van der Waals surface area contributed by atoms with E-state index in [0.29, 0.717) is 29.9 Å². The van der Waals surface area contributed by atoms with E-state index >= 15 is 0 Å². The Balaban J connectivity index is 1.77. The fourth-order valence-corrected chi connectivity index (χ4v) is 3.78. The monoisotopic (exact) mass is 448 g/mol. The normalized spacial score (nSPS) is 11.7. The summed E-state index contributed by atoms with van der Waals surface area (Å²) in [6, 6.07) is 17.7. The van der Waals surface area contributed by atoms with Gasteiger partial charge in [-0.2, -0.15) is 0 Å². The van der Waals surface area contributed by atoms with Crippen LogP contribution < -0.4 is 4.74 Å². The minimum atomic E-state index is -0.982. The van der Waals surface area contributed by atoms with Gasteiger partial charge in [0, 0.05) is 12.7 Å². The SMILES string of the molecule is CCCc1c(OCc2ccc(C(OC)c3cccc(C(=O)O)c3)cc2)ccc(C(C)=O)c1O. The number of carbonyl (C=O) groups is 2. The zero-order valence-electron chi connectivity index (χ0n) is 19.0. The molecule has 0 aliphatic rings. The number of benzene rings is 3. The maximum absolute atomic E-state index is 11.7. The van der Waals surface area contributed by atoms with Gasteiger partial charge in [0.05, 0.1) is 11.1 Å². The zero-order chi connectivity index (χ0) is 24.0. The molecule has 6 nitrogen and oxygen atoms in total. The molecule has 0 saturated carbocycles. The summed E-state index contributed by atoms with van der Waals surface area (Å²) in [5.74, 6) is -0.620. The molecule has 1 unspecified atom stereocenters. The first-order valence-corrected chi connectivity index (χ1v) is 10.8. The van der Waals surface area contributed by atoms with Gasteiger partial charge in [-0.25, -0.2) is 4.79 Å². The molecule has 0 spiro atoms. The van der Waals surface area contributed by atoms with Crippen LogP contribution in [-0.4, -0.2) is 29.1 Å². The first-order chi connectivity index (χ1) is 15.8. The number of phenolic OH excluding ortho intramolecular Hbond substituents is 1. The van der Waals surface area contributed by atoms with Gasteiger partial charge in [0.2, 0.25) is 0 Å². The van der Waals surface area contributed by atoms with Crippen LogP contribution in [0.5, 0.6) is 11.5 Å². The van der Waals surface area contributed by atoms with Crippen LogP contribution in [0.4, 0.5) is 0 Å².